The highest BCUT2D eigenvalue weighted by atomic mass is 16.5. The molecule has 4 heteroatoms. The number of amides is 1. The lowest BCUT2D eigenvalue weighted by molar-refractivity contribution is -0.126. The van der Waals surface area contributed by atoms with E-state index >= 15 is 0 Å². The zero-order valence-electron chi connectivity index (χ0n) is 10.3. The number of hydrogen-bond acceptors (Lipinski definition) is 3. The summed E-state index contributed by atoms with van der Waals surface area (Å²) < 4.78 is 5.19. The molecule has 0 radical (unpaired) electrons. The third-order valence-corrected chi connectivity index (χ3v) is 2.43. The van der Waals surface area contributed by atoms with Gasteiger partial charge in [0.25, 0.3) is 0 Å². The number of carbonyl (C=O) groups is 1. The first-order valence-electron chi connectivity index (χ1n) is 5.49. The molecule has 90 valence electrons. The van der Waals surface area contributed by atoms with Crippen LogP contribution in [-0.4, -0.2) is 31.2 Å². The predicted molar refractivity (Wildman–Crippen MR) is 61.6 cm³/mol. The maximum atomic E-state index is 11.6. The molecule has 0 bridgehead atoms. The number of methoxy groups -OCH3 is 1. The Morgan fingerprint density at radius 3 is 2.53 bits per heavy atom. The summed E-state index contributed by atoms with van der Waals surface area (Å²) >= 11 is 0. The fraction of sp³-hybridized carbons (Fsp3) is 0.909. The molecule has 1 amide bonds. The average Bonchev–Trinajstić information content (AvgIpc) is 2.16. The van der Waals surface area contributed by atoms with E-state index in [1.54, 1.807) is 7.11 Å². The monoisotopic (exact) mass is 216 g/mol. The first-order valence-corrected chi connectivity index (χ1v) is 5.49. The molecular weight excluding hydrogens is 192 g/mol. The predicted octanol–water partition coefficient (Wildman–Crippen LogP) is 1.05. The SMILES string of the molecule is CCCC(CN)NC(=O)CC(C)(C)OC. The van der Waals surface area contributed by atoms with Gasteiger partial charge in [0.2, 0.25) is 5.91 Å². The third kappa shape index (κ3) is 6.47. The Morgan fingerprint density at radius 2 is 2.13 bits per heavy atom. The minimum absolute atomic E-state index is 0.00532. The number of rotatable bonds is 7. The standard InChI is InChI=1S/C11H24N2O2/c1-5-6-9(8-12)13-10(14)7-11(2,3)15-4/h9H,5-8,12H2,1-4H3,(H,13,14). The zero-order valence-corrected chi connectivity index (χ0v) is 10.3. The Morgan fingerprint density at radius 1 is 1.53 bits per heavy atom. The summed E-state index contributed by atoms with van der Waals surface area (Å²) in [6, 6.07) is 0.0927. The molecule has 0 fully saturated rings. The van der Waals surface area contributed by atoms with Crippen LogP contribution in [0.25, 0.3) is 0 Å². The molecular formula is C11H24N2O2. The second-order valence-corrected chi connectivity index (χ2v) is 4.43. The third-order valence-electron chi connectivity index (χ3n) is 2.43. The second-order valence-electron chi connectivity index (χ2n) is 4.43. The minimum atomic E-state index is -0.407. The van der Waals surface area contributed by atoms with Crippen LogP contribution in [-0.2, 0) is 9.53 Å². The molecule has 0 saturated carbocycles. The first-order chi connectivity index (χ1) is 6.95. The molecule has 0 spiro atoms. The number of hydrogen-bond donors (Lipinski definition) is 2. The Kier molecular flexibility index (Phi) is 6.52. The Balaban J connectivity index is 4.01. The lowest BCUT2D eigenvalue weighted by atomic mass is 10.0. The van der Waals surface area contributed by atoms with E-state index in [-0.39, 0.29) is 11.9 Å². The van der Waals surface area contributed by atoms with Crippen LogP contribution in [0.2, 0.25) is 0 Å². The van der Waals surface area contributed by atoms with Crippen molar-refractivity contribution in [3.8, 4) is 0 Å². The van der Waals surface area contributed by atoms with E-state index in [0.717, 1.165) is 12.8 Å². The van der Waals surface area contributed by atoms with Gasteiger partial charge in [0.15, 0.2) is 0 Å². The van der Waals surface area contributed by atoms with Gasteiger partial charge in [-0.15, -0.1) is 0 Å². The van der Waals surface area contributed by atoms with Crippen molar-refractivity contribution in [1.29, 1.82) is 0 Å². The first kappa shape index (κ1) is 14.4. The van der Waals surface area contributed by atoms with Gasteiger partial charge in [0.1, 0.15) is 0 Å². The molecule has 1 unspecified atom stereocenters. The molecule has 0 aliphatic rings. The molecule has 3 N–H and O–H groups in total. The molecule has 0 aliphatic heterocycles. The van der Waals surface area contributed by atoms with E-state index in [9.17, 15) is 4.79 Å². The highest BCUT2D eigenvalue weighted by Crippen LogP contribution is 2.12. The van der Waals surface area contributed by atoms with E-state index < -0.39 is 5.60 Å². The van der Waals surface area contributed by atoms with Gasteiger partial charge in [-0.1, -0.05) is 13.3 Å². The summed E-state index contributed by atoms with van der Waals surface area (Å²) in [5.41, 5.74) is 5.15. The molecule has 4 nitrogen and oxygen atoms in total. The summed E-state index contributed by atoms with van der Waals surface area (Å²) in [7, 11) is 1.61. The van der Waals surface area contributed by atoms with Crippen molar-refractivity contribution in [3.63, 3.8) is 0 Å². The van der Waals surface area contributed by atoms with Crippen LogP contribution >= 0.6 is 0 Å². The second kappa shape index (κ2) is 6.80. The molecule has 0 aliphatic carbocycles. The molecule has 0 aromatic rings. The summed E-state index contributed by atoms with van der Waals surface area (Å²) in [5, 5.41) is 2.91. The average molecular weight is 216 g/mol. The van der Waals surface area contributed by atoms with Crippen molar-refractivity contribution in [1.82, 2.24) is 5.32 Å². The van der Waals surface area contributed by atoms with Gasteiger partial charge >= 0.3 is 0 Å². The molecule has 0 heterocycles. The van der Waals surface area contributed by atoms with Crippen LogP contribution in [0.3, 0.4) is 0 Å². The zero-order chi connectivity index (χ0) is 11.9. The maximum absolute atomic E-state index is 11.6. The lowest BCUT2D eigenvalue weighted by Gasteiger charge is -2.24. The van der Waals surface area contributed by atoms with E-state index in [0.29, 0.717) is 13.0 Å². The largest absolute Gasteiger partial charge is 0.378 e. The van der Waals surface area contributed by atoms with Gasteiger partial charge in [0, 0.05) is 19.7 Å². The number of nitrogens with one attached hydrogen (secondary N) is 1. The molecule has 0 aromatic heterocycles. The van der Waals surface area contributed by atoms with Crippen molar-refractivity contribution in [2.75, 3.05) is 13.7 Å². The highest BCUT2D eigenvalue weighted by molar-refractivity contribution is 5.77. The molecule has 0 saturated heterocycles. The highest BCUT2D eigenvalue weighted by Gasteiger charge is 2.22. The molecule has 1 atom stereocenters. The smallest absolute Gasteiger partial charge is 0.223 e. The van der Waals surface area contributed by atoms with E-state index in [1.807, 2.05) is 13.8 Å². The van der Waals surface area contributed by atoms with Crippen molar-refractivity contribution >= 4 is 5.91 Å². The Hall–Kier alpha value is -0.610. The van der Waals surface area contributed by atoms with E-state index in [1.165, 1.54) is 0 Å². The fourth-order valence-electron chi connectivity index (χ4n) is 1.33. The van der Waals surface area contributed by atoms with Gasteiger partial charge in [-0.2, -0.15) is 0 Å². The van der Waals surface area contributed by atoms with Crippen molar-refractivity contribution < 1.29 is 9.53 Å². The van der Waals surface area contributed by atoms with Gasteiger partial charge in [0.05, 0.1) is 12.0 Å². The van der Waals surface area contributed by atoms with Crippen molar-refractivity contribution in [3.05, 3.63) is 0 Å². The maximum Gasteiger partial charge on any atom is 0.223 e. The number of nitrogens with two attached hydrogens (primary N) is 1. The molecule has 15 heavy (non-hydrogen) atoms. The number of carbonyl (C=O) groups excluding carboxylic acids is 1. The summed E-state index contributed by atoms with van der Waals surface area (Å²) in [6.07, 6.45) is 2.31. The molecule has 0 aromatic carbocycles. The minimum Gasteiger partial charge on any atom is -0.378 e. The van der Waals surface area contributed by atoms with Gasteiger partial charge in [-0.05, 0) is 20.3 Å². The van der Waals surface area contributed by atoms with Crippen LogP contribution < -0.4 is 11.1 Å². The van der Waals surface area contributed by atoms with E-state index in [2.05, 4.69) is 12.2 Å². The van der Waals surface area contributed by atoms with Gasteiger partial charge in [-0.3, -0.25) is 4.79 Å². The lowest BCUT2D eigenvalue weighted by Crippen LogP contribution is -2.43. The summed E-state index contributed by atoms with van der Waals surface area (Å²) in [4.78, 5) is 11.6. The van der Waals surface area contributed by atoms with Crippen molar-refractivity contribution in [2.45, 2.75) is 51.7 Å². The van der Waals surface area contributed by atoms with Gasteiger partial charge in [-0.25, -0.2) is 0 Å². The fourth-order valence-corrected chi connectivity index (χ4v) is 1.33. The molecule has 0 rings (SSSR count). The quantitative estimate of drug-likeness (QED) is 0.668. The van der Waals surface area contributed by atoms with Crippen LogP contribution in [0.1, 0.15) is 40.0 Å². The number of ether oxygens (including phenoxy) is 1. The Labute approximate surface area is 92.6 Å². The van der Waals surface area contributed by atoms with E-state index in [4.69, 9.17) is 10.5 Å². The van der Waals surface area contributed by atoms with Gasteiger partial charge < -0.3 is 15.8 Å². The summed E-state index contributed by atoms with van der Waals surface area (Å²) in [5.74, 6) is 0.00532. The summed E-state index contributed by atoms with van der Waals surface area (Å²) in [6.45, 7) is 6.36. The normalized spacial score (nSPS) is 13.7. The van der Waals surface area contributed by atoms with Crippen LogP contribution in [0, 0.1) is 0 Å². The van der Waals surface area contributed by atoms with Crippen LogP contribution in [0.5, 0.6) is 0 Å². The van der Waals surface area contributed by atoms with Crippen LogP contribution in [0.4, 0.5) is 0 Å². The van der Waals surface area contributed by atoms with Crippen molar-refractivity contribution in [2.24, 2.45) is 5.73 Å². The topological polar surface area (TPSA) is 64.3 Å². The van der Waals surface area contributed by atoms with Crippen LogP contribution in [0.15, 0.2) is 0 Å². The Bertz CT molecular complexity index is 193.